The molecule has 1 aliphatic heterocycles. The van der Waals surface area contributed by atoms with Crippen LogP contribution in [-0.2, 0) is 25.8 Å². The summed E-state index contributed by atoms with van der Waals surface area (Å²) in [6, 6.07) is 10.9. The summed E-state index contributed by atoms with van der Waals surface area (Å²) in [6.45, 7) is 4.77. The van der Waals surface area contributed by atoms with Crippen molar-refractivity contribution in [1.82, 2.24) is 0 Å². The summed E-state index contributed by atoms with van der Waals surface area (Å²) < 4.78 is 26.6. The number of carbonyl (C=O) groups excluding carboxylic acids is 2. The van der Waals surface area contributed by atoms with Crippen molar-refractivity contribution in [3.05, 3.63) is 52.0 Å². The van der Waals surface area contributed by atoms with Crippen molar-refractivity contribution in [2.75, 3.05) is 22.5 Å². The van der Waals surface area contributed by atoms with E-state index in [-0.39, 0.29) is 34.8 Å². The van der Waals surface area contributed by atoms with Crippen LogP contribution < -0.4 is 10.2 Å². The molecule has 2 aromatic rings. The van der Waals surface area contributed by atoms with Gasteiger partial charge in [-0.15, -0.1) is 0 Å². The lowest BCUT2D eigenvalue weighted by molar-refractivity contribution is -0.119. The van der Waals surface area contributed by atoms with E-state index in [1.165, 1.54) is 5.56 Å². The molecule has 0 spiro atoms. The third-order valence-electron chi connectivity index (χ3n) is 6.02. The summed E-state index contributed by atoms with van der Waals surface area (Å²) in [5.74, 6) is -0.114. The molecule has 0 bridgehead atoms. The van der Waals surface area contributed by atoms with Gasteiger partial charge in [-0.1, -0.05) is 26.0 Å². The van der Waals surface area contributed by atoms with Crippen LogP contribution in [0.3, 0.4) is 0 Å². The van der Waals surface area contributed by atoms with E-state index >= 15 is 0 Å². The maximum atomic E-state index is 13.0. The van der Waals surface area contributed by atoms with Crippen LogP contribution in [-0.4, -0.2) is 32.5 Å². The monoisotopic (exact) mass is 518 g/mol. The number of sulfone groups is 1. The Kier molecular flexibility index (Phi) is 6.45. The van der Waals surface area contributed by atoms with Gasteiger partial charge in [-0.25, -0.2) is 8.42 Å². The van der Waals surface area contributed by atoms with E-state index < -0.39 is 9.84 Å². The largest absolute Gasteiger partial charge is 0.326 e. The predicted octanol–water partition coefficient (Wildman–Crippen LogP) is 4.67. The van der Waals surface area contributed by atoms with Crippen LogP contribution >= 0.6 is 15.9 Å². The molecule has 1 N–H and O–H groups in total. The molecule has 32 heavy (non-hydrogen) atoms. The molecule has 1 aliphatic carbocycles. The molecule has 0 unspecified atom stereocenters. The van der Waals surface area contributed by atoms with Gasteiger partial charge in [0.2, 0.25) is 11.8 Å². The zero-order chi connectivity index (χ0) is 23.0. The molecular weight excluding hydrogens is 492 g/mol. The topological polar surface area (TPSA) is 83.6 Å². The first kappa shape index (κ1) is 23.0. The van der Waals surface area contributed by atoms with Gasteiger partial charge in [0.1, 0.15) is 0 Å². The first-order chi connectivity index (χ1) is 15.2. The SMILES string of the molecule is CC(C)c1ccc(NC(=O)CCS(=O)(=O)c2cc3c(cc2Br)CCN3C(=O)C2CC2)cc1. The minimum absolute atomic E-state index is 0.0722. The predicted molar refractivity (Wildman–Crippen MR) is 129 cm³/mol. The second-order valence-corrected chi connectivity index (χ2v) is 11.8. The highest BCUT2D eigenvalue weighted by atomic mass is 79.9. The molecule has 0 radical (unpaired) electrons. The number of carbonyl (C=O) groups is 2. The molecule has 6 nitrogen and oxygen atoms in total. The Morgan fingerprint density at radius 1 is 1.16 bits per heavy atom. The van der Waals surface area contributed by atoms with Crippen LogP contribution in [0.15, 0.2) is 45.8 Å². The lowest BCUT2D eigenvalue weighted by Gasteiger charge is -2.18. The minimum Gasteiger partial charge on any atom is -0.326 e. The average molecular weight is 519 g/mol. The number of benzene rings is 2. The van der Waals surface area contributed by atoms with Crippen molar-refractivity contribution < 1.29 is 18.0 Å². The molecule has 0 aromatic heterocycles. The van der Waals surface area contributed by atoms with Gasteiger partial charge in [-0.3, -0.25) is 9.59 Å². The summed E-state index contributed by atoms with van der Waals surface area (Å²) in [7, 11) is -3.72. The Hall–Kier alpha value is -2.19. The quantitative estimate of drug-likeness (QED) is 0.576. The molecule has 2 aliphatic rings. The molecule has 0 atom stereocenters. The standard InChI is InChI=1S/C24H27BrN2O4S/c1-15(2)16-5-7-19(8-6-16)26-23(28)10-12-32(30,31)22-14-21-18(13-20(22)25)9-11-27(21)24(29)17-3-4-17/h5-8,13-15,17H,3-4,9-12H2,1-2H3,(H,26,28). The summed E-state index contributed by atoms with van der Waals surface area (Å²) in [6.07, 6.45) is 2.37. The van der Waals surface area contributed by atoms with E-state index in [1.54, 1.807) is 17.0 Å². The Balaban J connectivity index is 1.44. The second kappa shape index (κ2) is 8.98. The second-order valence-electron chi connectivity index (χ2n) is 8.82. The van der Waals surface area contributed by atoms with Gasteiger partial charge in [0.05, 0.1) is 10.6 Å². The first-order valence-electron chi connectivity index (χ1n) is 10.9. The third-order valence-corrected chi connectivity index (χ3v) is 8.68. The Bertz CT molecular complexity index is 1160. The lowest BCUT2D eigenvalue weighted by Crippen LogP contribution is -2.30. The van der Waals surface area contributed by atoms with Crippen molar-refractivity contribution >= 4 is 49.0 Å². The van der Waals surface area contributed by atoms with Crippen LogP contribution in [0.25, 0.3) is 0 Å². The number of rotatable bonds is 7. The molecule has 8 heteroatoms. The molecular formula is C24H27BrN2O4S. The number of hydrogen-bond acceptors (Lipinski definition) is 4. The summed E-state index contributed by atoms with van der Waals surface area (Å²) in [5, 5.41) is 2.76. The molecule has 1 fully saturated rings. The number of nitrogens with one attached hydrogen (secondary N) is 1. The van der Waals surface area contributed by atoms with Crippen molar-refractivity contribution in [3.8, 4) is 0 Å². The number of halogens is 1. The van der Waals surface area contributed by atoms with Gasteiger partial charge in [0.15, 0.2) is 9.84 Å². The van der Waals surface area contributed by atoms with Crippen LogP contribution in [0, 0.1) is 5.92 Å². The maximum Gasteiger partial charge on any atom is 0.230 e. The van der Waals surface area contributed by atoms with Gasteiger partial charge in [-0.05, 0) is 76.5 Å². The highest BCUT2D eigenvalue weighted by Gasteiger charge is 2.37. The third kappa shape index (κ3) is 4.91. The van der Waals surface area contributed by atoms with E-state index in [0.29, 0.717) is 34.7 Å². The Labute approximate surface area is 197 Å². The van der Waals surface area contributed by atoms with Gasteiger partial charge in [-0.2, -0.15) is 0 Å². The number of anilines is 2. The van der Waals surface area contributed by atoms with Crippen LogP contribution in [0.2, 0.25) is 0 Å². The summed E-state index contributed by atoms with van der Waals surface area (Å²) in [5.41, 5.74) is 3.46. The first-order valence-corrected chi connectivity index (χ1v) is 13.4. The number of fused-ring (bicyclic) bond motifs is 1. The minimum atomic E-state index is -3.72. The zero-order valence-electron chi connectivity index (χ0n) is 18.2. The highest BCUT2D eigenvalue weighted by Crippen LogP contribution is 2.39. The van der Waals surface area contributed by atoms with Gasteiger partial charge < -0.3 is 10.2 Å². The average Bonchev–Trinajstić information content (AvgIpc) is 3.52. The van der Waals surface area contributed by atoms with E-state index in [2.05, 4.69) is 35.1 Å². The van der Waals surface area contributed by atoms with E-state index in [0.717, 1.165) is 18.4 Å². The van der Waals surface area contributed by atoms with Gasteiger partial charge in [0.25, 0.3) is 0 Å². The summed E-state index contributed by atoms with van der Waals surface area (Å²) in [4.78, 5) is 26.8. The van der Waals surface area contributed by atoms with Crippen molar-refractivity contribution in [1.29, 1.82) is 0 Å². The fraction of sp³-hybridized carbons (Fsp3) is 0.417. The summed E-state index contributed by atoms with van der Waals surface area (Å²) >= 11 is 3.38. The van der Waals surface area contributed by atoms with E-state index in [1.807, 2.05) is 24.3 Å². The van der Waals surface area contributed by atoms with Gasteiger partial charge in [0, 0.05) is 34.7 Å². The zero-order valence-corrected chi connectivity index (χ0v) is 20.6. The van der Waals surface area contributed by atoms with Crippen molar-refractivity contribution in [3.63, 3.8) is 0 Å². The fourth-order valence-electron chi connectivity index (χ4n) is 3.92. The maximum absolute atomic E-state index is 13.0. The van der Waals surface area contributed by atoms with E-state index in [4.69, 9.17) is 0 Å². The fourth-order valence-corrected chi connectivity index (χ4v) is 6.37. The molecule has 1 saturated carbocycles. The molecule has 2 amide bonds. The van der Waals surface area contributed by atoms with E-state index in [9.17, 15) is 18.0 Å². The van der Waals surface area contributed by atoms with Crippen LogP contribution in [0.4, 0.5) is 11.4 Å². The van der Waals surface area contributed by atoms with Crippen molar-refractivity contribution in [2.45, 2.75) is 50.3 Å². The molecule has 4 rings (SSSR count). The molecule has 2 aromatic carbocycles. The molecule has 1 heterocycles. The molecule has 170 valence electrons. The molecule has 0 saturated heterocycles. The Morgan fingerprint density at radius 3 is 2.47 bits per heavy atom. The Morgan fingerprint density at radius 2 is 1.84 bits per heavy atom. The van der Waals surface area contributed by atoms with Gasteiger partial charge >= 0.3 is 0 Å². The normalized spacial score (nSPS) is 15.7. The number of amides is 2. The van der Waals surface area contributed by atoms with Crippen LogP contribution in [0.5, 0.6) is 0 Å². The number of hydrogen-bond donors (Lipinski definition) is 1. The smallest absolute Gasteiger partial charge is 0.230 e. The highest BCUT2D eigenvalue weighted by molar-refractivity contribution is 9.10. The van der Waals surface area contributed by atoms with Crippen LogP contribution in [0.1, 0.15) is 50.2 Å². The lowest BCUT2D eigenvalue weighted by atomic mass is 10.0. The number of nitrogens with zero attached hydrogens (tertiary/aromatic N) is 1. The van der Waals surface area contributed by atoms with Crippen molar-refractivity contribution in [2.24, 2.45) is 5.92 Å².